The third kappa shape index (κ3) is 5.00. The van der Waals surface area contributed by atoms with E-state index in [2.05, 4.69) is 10.6 Å². The molecule has 2 saturated heterocycles. The summed E-state index contributed by atoms with van der Waals surface area (Å²) in [6, 6.07) is 11.6. The fourth-order valence-corrected chi connectivity index (χ4v) is 4.24. The van der Waals surface area contributed by atoms with Crippen molar-refractivity contribution in [2.45, 2.75) is 37.6 Å². The first-order valence-electron chi connectivity index (χ1n) is 10.6. The van der Waals surface area contributed by atoms with Gasteiger partial charge in [0.05, 0.1) is 18.2 Å². The highest BCUT2D eigenvalue weighted by Gasteiger charge is 2.47. The number of nitrogens with one attached hydrogen (secondary N) is 2. The zero-order valence-corrected chi connectivity index (χ0v) is 17.6. The second-order valence-electron chi connectivity index (χ2n) is 8.09. The molecule has 0 radical (unpaired) electrons. The summed E-state index contributed by atoms with van der Waals surface area (Å²) in [7, 11) is 0. The van der Waals surface area contributed by atoms with Gasteiger partial charge < -0.3 is 15.5 Å². The number of carbonyl (C=O) groups is 3. The lowest BCUT2D eigenvalue weighted by Gasteiger charge is -2.46. The SMILES string of the molecule is O=C(CN1C(=O)N(Cc2ccccc2)C(=O)C2NCCCC21)Nc1cccc(C(F)(F)F)c1. The van der Waals surface area contributed by atoms with E-state index in [1.165, 1.54) is 17.0 Å². The number of halogens is 3. The lowest BCUT2D eigenvalue weighted by Crippen LogP contribution is -2.70. The Morgan fingerprint density at radius 2 is 1.85 bits per heavy atom. The quantitative estimate of drug-likeness (QED) is 0.718. The van der Waals surface area contributed by atoms with Gasteiger partial charge in [0.1, 0.15) is 12.6 Å². The molecule has 0 aliphatic carbocycles. The molecule has 2 aliphatic heterocycles. The van der Waals surface area contributed by atoms with E-state index in [0.717, 1.165) is 29.0 Å². The molecule has 0 bridgehead atoms. The molecule has 2 unspecified atom stereocenters. The predicted molar refractivity (Wildman–Crippen MR) is 114 cm³/mol. The maximum Gasteiger partial charge on any atom is 0.416 e. The molecule has 174 valence electrons. The highest BCUT2D eigenvalue weighted by Crippen LogP contribution is 2.31. The minimum absolute atomic E-state index is 0.0187. The topological polar surface area (TPSA) is 81.8 Å². The summed E-state index contributed by atoms with van der Waals surface area (Å²) in [4.78, 5) is 41.4. The first-order chi connectivity index (χ1) is 15.7. The number of alkyl halides is 3. The Balaban J connectivity index is 1.52. The molecule has 4 amide bonds. The van der Waals surface area contributed by atoms with Crippen LogP contribution in [0.1, 0.15) is 24.0 Å². The molecule has 0 saturated carbocycles. The third-order valence-corrected chi connectivity index (χ3v) is 5.81. The molecular formula is C23H23F3N4O3. The van der Waals surface area contributed by atoms with Crippen LogP contribution in [0.5, 0.6) is 0 Å². The van der Waals surface area contributed by atoms with Crippen LogP contribution in [0.2, 0.25) is 0 Å². The van der Waals surface area contributed by atoms with Crippen molar-refractivity contribution >= 4 is 23.5 Å². The molecule has 2 fully saturated rings. The Bertz CT molecular complexity index is 1040. The van der Waals surface area contributed by atoms with E-state index in [9.17, 15) is 27.6 Å². The molecule has 10 heteroatoms. The number of rotatable bonds is 5. The van der Waals surface area contributed by atoms with Crippen molar-refractivity contribution in [2.75, 3.05) is 18.4 Å². The number of hydrogen-bond donors (Lipinski definition) is 2. The average Bonchev–Trinajstić information content (AvgIpc) is 2.80. The van der Waals surface area contributed by atoms with Crippen molar-refractivity contribution in [1.82, 2.24) is 15.1 Å². The largest absolute Gasteiger partial charge is 0.416 e. The smallest absolute Gasteiger partial charge is 0.325 e. The number of carbonyl (C=O) groups excluding carboxylic acids is 3. The minimum atomic E-state index is -4.54. The standard InChI is InChI=1S/C23H23F3N4O3/c24-23(25,26)16-8-4-9-17(12-16)28-19(31)14-29-18-10-5-11-27-20(18)21(32)30(22(29)33)13-15-6-2-1-3-7-15/h1-4,6-9,12,18,20,27H,5,10-11,13-14H2,(H,28,31). The summed E-state index contributed by atoms with van der Waals surface area (Å²) in [6.07, 6.45) is -3.26. The lowest BCUT2D eigenvalue weighted by molar-refractivity contribution is -0.138. The van der Waals surface area contributed by atoms with Gasteiger partial charge in [0.15, 0.2) is 0 Å². The Kier molecular flexibility index (Phi) is 6.37. The Morgan fingerprint density at radius 3 is 2.58 bits per heavy atom. The number of amides is 4. The van der Waals surface area contributed by atoms with Crippen molar-refractivity contribution in [3.63, 3.8) is 0 Å². The number of urea groups is 1. The van der Waals surface area contributed by atoms with Crippen LogP contribution in [0.4, 0.5) is 23.7 Å². The number of imide groups is 1. The van der Waals surface area contributed by atoms with E-state index in [1.807, 2.05) is 6.07 Å². The van der Waals surface area contributed by atoms with Gasteiger partial charge in [-0.3, -0.25) is 14.5 Å². The fraction of sp³-hybridized carbons (Fsp3) is 0.348. The fourth-order valence-electron chi connectivity index (χ4n) is 4.24. The van der Waals surface area contributed by atoms with Crippen LogP contribution in [0.25, 0.3) is 0 Å². The van der Waals surface area contributed by atoms with Crippen molar-refractivity contribution < 1.29 is 27.6 Å². The van der Waals surface area contributed by atoms with E-state index in [-0.39, 0.29) is 24.7 Å². The van der Waals surface area contributed by atoms with E-state index >= 15 is 0 Å². The number of hydrogen-bond acceptors (Lipinski definition) is 4. The molecule has 2 aliphatic rings. The van der Waals surface area contributed by atoms with Crippen LogP contribution in [0, 0.1) is 0 Å². The zero-order chi connectivity index (χ0) is 23.6. The third-order valence-electron chi connectivity index (χ3n) is 5.81. The monoisotopic (exact) mass is 460 g/mol. The van der Waals surface area contributed by atoms with Gasteiger partial charge in [-0.2, -0.15) is 13.2 Å². The van der Waals surface area contributed by atoms with Gasteiger partial charge in [-0.1, -0.05) is 36.4 Å². The summed E-state index contributed by atoms with van der Waals surface area (Å²) < 4.78 is 38.9. The lowest BCUT2D eigenvalue weighted by atomic mass is 9.93. The summed E-state index contributed by atoms with van der Waals surface area (Å²) in [5, 5.41) is 5.58. The van der Waals surface area contributed by atoms with Crippen LogP contribution in [0.15, 0.2) is 54.6 Å². The van der Waals surface area contributed by atoms with Crippen LogP contribution in [0.3, 0.4) is 0 Å². The number of benzene rings is 2. The van der Waals surface area contributed by atoms with E-state index in [0.29, 0.717) is 13.0 Å². The van der Waals surface area contributed by atoms with E-state index in [4.69, 9.17) is 0 Å². The molecule has 4 rings (SSSR count). The highest BCUT2D eigenvalue weighted by molar-refractivity contribution is 6.02. The van der Waals surface area contributed by atoms with Gasteiger partial charge in [-0.15, -0.1) is 0 Å². The molecule has 7 nitrogen and oxygen atoms in total. The Morgan fingerprint density at radius 1 is 1.09 bits per heavy atom. The van der Waals surface area contributed by atoms with Crippen molar-refractivity contribution in [3.05, 3.63) is 65.7 Å². The summed E-state index contributed by atoms with van der Waals surface area (Å²) in [5.41, 5.74) is -0.137. The number of nitrogens with zero attached hydrogens (tertiary/aromatic N) is 2. The first kappa shape index (κ1) is 22.8. The molecule has 2 aromatic rings. The Labute approximate surface area is 188 Å². The predicted octanol–water partition coefficient (Wildman–Crippen LogP) is 3.23. The van der Waals surface area contributed by atoms with Crippen LogP contribution < -0.4 is 10.6 Å². The number of piperidine rings is 1. The van der Waals surface area contributed by atoms with Crippen LogP contribution in [-0.2, 0) is 22.3 Å². The minimum Gasteiger partial charge on any atom is -0.325 e. The number of fused-ring (bicyclic) bond motifs is 1. The molecule has 33 heavy (non-hydrogen) atoms. The molecule has 2 N–H and O–H groups in total. The van der Waals surface area contributed by atoms with E-state index in [1.54, 1.807) is 24.3 Å². The summed E-state index contributed by atoms with van der Waals surface area (Å²) in [6.45, 7) is 0.302. The summed E-state index contributed by atoms with van der Waals surface area (Å²) >= 11 is 0. The number of anilines is 1. The maximum atomic E-state index is 13.2. The van der Waals surface area contributed by atoms with Crippen molar-refractivity contribution in [3.8, 4) is 0 Å². The second kappa shape index (κ2) is 9.22. The Hall–Kier alpha value is -3.40. The van der Waals surface area contributed by atoms with Gasteiger partial charge in [0.2, 0.25) is 11.8 Å². The normalized spacial score (nSPS) is 21.1. The maximum absolute atomic E-state index is 13.2. The van der Waals surface area contributed by atoms with Gasteiger partial charge in [0.25, 0.3) is 0 Å². The second-order valence-corrected chi connectivity index (χ2v) is 8.09. The molecule has 2 aromatic carbocycles. The van der Waals surface area contributed by atoms with Crippen LogP contribution >= 0.6 is 0 Å². The molecule has 0 spiro atoms. The first-order valence-corrected chi connectivity index (χ1v) is 10.6. The zero-order valence-electron chi connectivity index (χ0n) is 17.6. The molecule has 2 heterocycles. The average molecular weight is 460 g/mol. The molecule has 0 aromatic heterocycles. The van der Waals surface area contributed by atoms with E-state index < -0.39 is 35.8 Å². The van der Waals surface area contributed by atoms with Gasteiger partial charge >= 0.3 is 12.2 Å². The highest BCUT2D eigenvalue weighted by atomic mass is 19.4. The van der Waals surface area contributed by atoms with Gasteiger partial charge in [-0.05, 0) is 43.1 Å². The molecular weight excluding hydrogens is 437 g/mol. The molecule has 2 atom stereocenters. The van der Waals surface area contributed by atoms with Crippen molar-refractivity contribution in [2.24, 2.45) is 0 Å². The van der Waals surface area contributed by atoms with Crippen molar-refractivity contribution in [1.29, 1.82) is 0 Å². The van der Waals surface area contributed by atoms with Crippen LogP contribution in [-0.4, -0.2) is 52.8 Å². The van der Waals surface area contributed by atoms with Gasteiger partial charge in [-0.25, -0.2) is 4.79 Å². The summed E-state index contributed by atoms with van der Waals surface area (Å²) in [5.74, 6) is -0.982. The van der Waals surface area contributed by atoms with Gasteiger partial charge in [0, 0.05) is 5.69 Å².